The normalized spacial score (nSPS) is 11.1. The van der Waals surface area contributed by atoms with Gasteiger partial charge in [0.05, 0.1) is 17.2 Å². The molecule has 0 bridgehead atoms. The minimum atomic E-state index is -4.24. The van der Waals surface area contributed by atoms with Crippen molar-refractivity contribution in [2.75, 3.05) is 17.5 Å². The van der Waals surface area contributed by atoms with E-state index in [1.165, 1.54) is 36.4 Å². The zero-order valence-corrected chi connectivity index (χ0v) is 21.1. The summed E-state index contributed by atoms with van der Waals surface area (Å²) in [6.07, 6.45) is 0. The summed E-state index contributed by atoms with van der Waals surface area (Å²) >= 11 is 5.93. The number of amides is 1. The molecule has 0 heterocycles. The van der Waals surface area contributed by atoms with Gasteiger partial charge in [-0.25, -0.2) is 8.42 Å². The Bertz CT molecular complexity index is 1410. The third kappa shape index (κ3) is 5.87. The maximum absolute atomic E-state index is 13.5. The zero-order valence-electron chi connectivity index (χ0n) is 19.5. The number of ether oxygens (including phenoxy) is 2. The summed E-state index contributed by atoms with van der Waals surface area (Å²) in [5, 5.41) is 0.384. The van der Waals surface area contributed by atoms with E-state index in [0.717, 1.165) is 15.4 Å². The largest absolute Gasteiger partial charge is 0.494 e. The molecular weight excluding hydrogens is 498 g/mol. The van der Waals surface area contributed by atoms with Gasteiger partial charge in [-0.15, -0.1) is 0 Å². The second-order valence-corrected chi connectivity index (χ2v) is 9.95. The summed E-state index contributed by atoms with van der Waals surface area (Å²) in [5.74, 6) is 0.257. The summed E-state index contributed by atoms with van der Waals surface area (Å²) in [4.78, 5) is 13.2. The van der Waals surface area contributed by atoms with Gasteiger partial charge in [-0.2, -0.15) is 4.31 Å². The number of hydrogen-bond acceptors (Lipinski definition) is 5. The molecule has 0 radical (unpaired) electrons. The average Bonchev–Trinajstić information content (AvgIpc) is 2.90. The Balaban J connectivity index is 1.58. The van der Waals surface area contributed by atoms with E-state index in [1.54, 1.807) is 24.3 Å². The van der Waals surface area contributed by atoms with Crippen LogP contribution in [0.4, 0.5) is 5.69 Å². The van der Waals surface area contributed by atoms with Crippen LogP contribution >= 0.6 is 11.6 Å². The average molecular weight is 522 g/mol. The quantitative estimate of drug-likeness (QED) is 0.262. The van der Waals surface area contributed by atoms with Gasteiger partial charge < -0.3 is 9.47 Å². The molecule has 6 nitrogen and oxygen atoms in total. The number of benzene rings is 4. The molecule has 0 atom stereocenters. The van der Waals surface area contributed by atoms with Gasteiger partial charge in [-0.05, 0) is 78.7 Å². The van der Waals surface area contributed by atoms with Crippen LogP contribution in [0.3, 0.4) is 0 Å². The Labute approximate surface area is 215 Å². The highest BCUT2D eigenvalue weighted by atomic mass is 35.5. The molecule has 36 heavy (non-hydrogen) atoms. The molecule has 0 N–H and O–H groups in total. The van der Waals surface area contributed by atoms with Gasteiger partial charge in [-0.1, -0.05) is 54.1 Å². The van der Waals surface area contributed by atoms with E-state index in [0.29, 0.717) is 23.1 Å². The molecule has 0 aliphatic rings. The summed E-state index contributed by atoms with van der Waals surface area (Å²) in [5.41, 5.74) is 2.22. The van der Waals surface area contributed by atoms with Crippen LogP contribution in [0.5, 0.6) is 11.5 Å². The van der Waals surface area contributed by atoms with Gasteiger partial charge in [0.1, 0.15) is 11.5 Å². The first kappa shape index (κ1) is 25.3. The van der Waals surface area contributed by atoms with Gasteiger partial charge in [-0.3, -0.25) is 4.79 Å². The third-order valence-corrected chi connectivity index (χ3v) is 7.30. The van der Waals surface area contributed by atoms with Gasteiger partial charge in [0.25, 0.3) is 15.9 Å². The fraction of sp³-hybridized carbons (Fsp3) is 0.107. The highest BCUT2D eigenvalue weighted by Crippen LogP contribution is 2.28. The second kappa shape index (κ2) is 11.3. The molecule has 0 saturated carbocycles. The Morgan fingerprint density at radius 3 is 1.92 bits per heavy atom. The predicted molar refractivity (Wildman–Crippen MR) is 141 cm³/mol. The highest BCUT2D eigenvalue weighted by molar-refractivity contribution is 7.93. The number of sulfonamides is 1. The van der Waals surface area contributed by atoms with Crippen LogP contribution in [0, 0.1) is 0 Å². The molecule has 0 aliphatic heterocycles. The first-order chi connectivity index (χ1) is 17.4. The fourth-order valence-electron chi connectivity index (χ4n) is 3.55. The summed E-state index contributed by atoms with van der Waals surface area (Å²) < 4.78 is 38.8. The topological polar surface area (TPSA) is 72.9 Å². The molecule has 0 aliphatic carbocycles. The number of halogens is 1. The van der Waals surface area contributed by atoms with Crippen molar-refractivity contribution in [3.63, 3.8) is 0 Å². The number of hydrogen-bond donors (Lipinski definition) is 0. The number of carbonyl (C=O) groups excluding carboxylic acids is 1. The van der Waals surface area contributed by atoms with Crippen LogP contribution in [0.15, 0.2) is 108 Å². The molecule has 0 aromatic heterocycles. The molecule has 4 aromatic carbocycles. The Morgan fingerprint density at radius 1 is 0.750 bits per heavy atom. The van der Waals surface area contributed by atoms with E-state index >= 15 is 0 Å². The lowest BCUT2D eigenvalue weighted by molar-refractivity contribution is -0.119. The maximum Gasteiger partial charge on any atom is 0.278 e. The van der Waals surface area contributed by atoms with E-state index in [4.69, 9.17) is 21.1 Å². The standard InChI is InChI=1S/C28H24ClNO5S/c1-2-34-25-16-12-24(13-17-25)30(36(32,33)27-18-10-23(29)11-19-27)28(31)20-35-26-14-8-22(9-15-26)21-6-4-3-5-7-21/h3-19H,2,20H2,1H3. The number of anilines is 1. The molecule has 0 spiro atoms. The molecule has 1 amide bonds. The van der Waals surface area contributed by atoms with Crippen molar-refractivity contribution < 1.29 is 22.7 Å². The first-order valence-electron chi connectivity index (χ1n) is 11.2. The summed E-state index contributed by atoms with van der Waals surface area (Å²) in [6.45, 7) is 1.82. The van der Waals surface area contributed by atoms with Crippen LogP contribution in [-0.2, 0) is 14.8 Å². The van der Waals surface area contributed by atoms with E-state index in [1.807, 2.05) is 49.4 Å². The Hall–Kier alpha value is -3.81. The van der Waals surface area contributed by atoms with Crippen molar-refractivity contribution >= 4 is 33.2 Å². The predicted octanol–water partition coefficient (Wildman–Crippen LogP) is 6.21. The van der Waals surface area contributed by atoms with Crippen molar-refractivity contribution in [1.82, 2.24) is 0 Å². The Kier molecular flexibility index (Phi) is 7.93. The van der Waals surface area contributed by atoms with Crippen molar-refractivity contribution in [3.05, 3.63) is 108 Å². The molecule has 8 heteroatoms. The lowest BCUT2D eigenvalue weighted by atomic mass is 10.1. The minimum absolute atomic E-state index is 0.0682. The fourth-order valence-corrected chi connectivity index (χ4v) is 5.09. The van der Waals surface area contributed by atoms with Crippen LogP contribution in [0.1, 0.15) is 6.92 Å². The van der Waals surface area contributed by atoms with Gasteiger partial charge in [0.2, 0.25) is 0 Å². The van der Waals surface area contributed by atoms with Crippen molar-refractivity contribution in [2.24, 2.45) is 0 Å². The SMILES string of the molecule is CCOc1ccc(N(C(=O)COc2ccc(-c3ccccc3)cc2)S(=O)(=O)c2ccc(Cl)cc2)cc1. The lowest BCUT2D eigenvalue weighted by Crippen LogP contribution is -2.40. The highest BCUT2D eigenvalue weighted by Gasteiger charge is 2.31. The summed E-state index contributed by atoms with van der Waals surface area (Å²) in [7, 11) is -4.24. The molecule has 4 rings (SSSR count). The van der Waals surface area contributed by atoms with Crippen LogP contribution < -0.4 is 13.8 Å². The van der Waals surface area contributed by atoms with Gasteiger partial charge >= 0.3 is 0 Å². The molecular formula is C28H24ClNO5S. The van der Waals surface area contributed by atoms with Crippen LogP contribution in [0.25, 0.3) is 11.1 Å². The van der Waals surface area contributed by atoms with Crippen molar-refractivity contribution in [2.45, 2.75) is 11.8 Å². The minimum Gasteiger partial charge on any atom is -0.494 e. The molecule has 4 aromatic rings. The molecule has 0 saturated heterocycles. The number of rotatable bonds is 9. The van der Waals surface area contributed by atoms with Gasteiger partial charge in [0, 0.05) is 5.02 Å². The van der Waals surface area contributed by atoms with Crippen molar-refractivity contribution in [1.29, 1.82) is 0 Å². The van der Waals surface area contributed by atoms with Crippen molar-refractivity contribution in [3.8, 4) is 22.6 Å². The molecule has 0 unspecified atom stereocenters. The number of carbonyl (C=O) groups is 1. The van der Waals surface area contributed by atoms with E-state index in [9.17, 15) is 13.2 Å². The maximum atomic E-state index is 13.5. The molecule has 0 fully saturated rings. The Morgan fingerprint density at radius 2 is 1.31 bits per heavy atom. The third-order valence-electron chi connectivity index (χ3n) is 5.28. The lowest BCUT2D eigenvalue weighted by Gasteiger charge is -2.23. The van der Waals surface area contributed by atoms with Gasteiger partial charge in [0.15, 0.2) is 6.61 Å². The van der Waals surface area contributed by atoms with Crippen LogP contribution in [0.2, 0.25) is 5.02 Å². The van der Waals surface area contributed by atoms with E-state index in [-0.39, 0.29) is 10.6 Å². The summed E-state index contributed by atoms with van der Waals surface area (Å²) in [6, 6.07) is 29.0. The second-order valence-electron chi connectivity index (χ2n) is 7.72. The zero-order chi connectivity index (χ0) is 25.5. The van der Waals surface area contributed by atoms with E-state index < -0.39 is 22.5 Å². The van der Waals surface area contributed by atoms with E-state index in [2.05, 4.69) is 0 Å². The monoisotopic (exact) mass is 521 g/mol. The molecule has 184 valence electrons. The smallest absolute Gasteiger partial charge is 0.278 e. The first-order valence-corrected chi connectivity index (χ1v) is 13.0. The van der Waals surface area contributed by atoms with Crippen LogP contribution in [-0.4, -0.2) is 27.5 Å². The number of nitrogens with zero attached hydrogens (tertiary/aromatic N) is 1.